The van der Waals surface area contributed by atoms with Gasteiger partial charge < -0.3 is 14.4 Å². The van der Waals surface area contributed by atoms with E-state index in [2.05, 4.69) is 63.4 Å². The van der Waals surface area contributed by atoms with E-state index in [-0.39, 0.29) is 0 Å². The van der Waals surface area contributed by atoms with Gasteiger partial charge in [0.1, 0.15) is 24.8 Å². The molecule has 1 saturated heterocycles. The van der Waals surface area contributed by atoms with Crippen LogP contribution in [0.5, 0.6) is 11.5 Å². The molecule has 3 aromatic carbocycles. The Hall–Kier alpha value is -3.34. The van der Waals surface area contributed by atoms with Crippen LogP contribution in [0.1, 0.15) is 0 Å². The molecule has 0 unspecified atom stereocenters. The summed E-state index contributed by atoms with van der Waals surface area (Å²) in [5, 5.41) is 4.54. The predicted molar refractivity (Wildman–Crippen MR) is 110 cm³/mol. The van der Waals surface area contributed by atoms with Crippen molar-refractivity contribution in [3.8, 4) is 11.5 Å². The third-order valence-corrected chi connectivity index (χ3v) is 4.76. The molecular weight excluding hydrogens is 338 g/mol. The zero-order valence-electron chi connectivity index (χ0n) is 15.6. The molecule has 0 aliphatic carbocycles. The molecule has 27 heavy (non-hydrogen) atoms. The molecule has 1 aliphatic heterocycles. The van der Waals surface area contributed by atoms with Gasteiger partial charge in [0.2, 0.25) is 0 Å². The second-order valence-corrected chi connectivity index (χ2v) is 6.35. The first-order valence-electron chi connectivity index (χ1n) is 8.91. The molecule has 0 amide bonds. The van der Waals surface area contributed by atoms with Gasteiger partial charge in [-0.15, -0.1) is 0 Å². The number of para-hydroxylation sites is 1. The van der Waals surface area contributed by atoms with Crippen LogP contribution in [-0.4, -0.2) is 27.6 Å². The summed E-state index contributed by atoms with van der Waals surface area (Å²) in [5.74, 6) is 1.71. The molecule has 0 saturated carbocycles. The van der Waals surface area contributed by atoms with Crippen LogP contribution >= 0.6 is 0 Å². The molecule has 1 heterocycles. The summed E-state index contributed by atoms with van der Waals surface area (Å²) in [6.07, 6.45) is 0. The normalized spacial score (nSPS) is 13.8. The molecule has 5 nitrogen and oxygen atoms in total. The highest BCUT2D eigenvalue weighted by molar-refractivity contribution is 5.65. The Bertz CT molecular complexity index is 811. The first-order chi connectivity index (χ1) is 13.3. The molecule has 0 N–H and O–H groups in total. The number of hydrogen-bond donors (Lipinski definition) is 0. The van der Waals surface area contributed by atoms with Gasteiger partial charge in [0.15, 0.2) is 0 Å². The minimum atomic E-state index is 0.766. The summed E-state index contributed by atoms with van der Waals surface area (Å²) in [4.78, 5) is 2.34. The number of benzene rings is 3. The van der Waals surface area contributed by atoms with Crippen LogP contribution in [0.15, 0.2) is 78.9 Å². The van der Waals surface area contributed by atoms with E-state index in [1.807, 2.05) is 30.3 Å². The fraction of sp³-hybridized carbons (Fsp3) is 0.182. The van der Waals surface area contributed by atoms with E-state index >= 15 is 0 Å². The third-order valence-electron chi connectivity index (χ3n) is 4.76. The highest BCUT2D eigenvalue weighted by atomic mass is 16.5. The summed E-state index contributed by atoms with van der Waals surface area (Å²) < 4.78 is 10.6. The van der Waals surface area contributed by atoms with Crippen LogP contribution < -0.4 is 24.4 Å². The van der Waals surface area contributed by atoms with Crippen LogP contribution in [0.2, 0.25) is 0 Å². The van der Waals surface area contributed by atoms with Gasteiger partial charge in [0, 0.05) is 5.69 Å². The standard InChI is InChI=1S/C22H23N3O2/c1-26-21-12-8-19(9-13-21)24-16-23(18-6-4-3-5-7-18)17-25(24)20-10-14-22(27-2)15-11-20/h3-15H,16-17H2,1-2H3. The van der Waals surface area contributed by atoms with Crippen molar-refractivity contribution in [1.82, 2.24) is 0 Å². The van der Waals surface area contributed by atoms with Crippen LogP contribution in [0.3, 0.4) is 0 Å². The summed E-state index contributed by atoms with van der Waals surface area (Å²) >= 11 is 0. The molecule has 138 valence electrons. The highest BCUT2D eigenvalue weighted by Gasteiger charge is 2.29. The van der Waals surface area contributed by atoms with Crippen molar-refractivity contribution in [3.63, 3.8) is 0 Å². The average molecular weight is 361 g/mol. The summed E-state index contributed by atoms with van der Waals surface area (Å²) in [6.45, 7) is 1.53. The first kappa shape index (κ1) is 17.1. The van der Waals surface area contributed by atoms with E-state index in [9.17, 15) is 0 Å². The molecule has 0 bridgehead atoms. The molecule has 1 aliphatic rings. The Morgan fingerprint density at radius 1 is 0.556 bits per heavy atom. The van der Waals surface area contributed by atoms with Gasteiger partial charge in [0.25, 0.3) is 0 Å². The van der Waals surface area contributed by atoms with Crippen LogP contribution in [0.4, 0.5) is 17.1 Å². The van der Waals surface area contributed by atoms with E-state index in [0.717, 1.165) is 36.2 Å². The number of nitrogens with zero attached hydrogens (tertiary/aromatic N) is 3. The Labute approximate surface area is 159 Å². The molecule has 1 fully saturated rings. The van der Waals surface area contributed by atoms with Crippen LogP contribution in [0.25, 0.3) is 0 Å². The molecule has 3 aromatic rings. The van der Waals surface area contributed by atoms with Gasteiger partial charge in [-0.2, -0.15) is 0 Å². The molecule has 0 aromatic heterocycles. The Kier molecular flexibility index (Phi) is 4.75. The van der Waals surface area contributed by atoms with Crippen molar-refractivity contribution in [2.45, 2.75) is 0 Å². The van der Waals surface area contributed by atoms with Crippen LogP contribution in [0, 0.1) is 0 Å². The lowest BCUT2D eigenvalue weighted by molar-refractivity contribution is 0.414. The largest absolute Gasteiger partial charge is 0.497 e. The van der Waals surface area contributed by atoms with Crippen molar-refractivity contribution in [2.75, 3.05) is 42.5 Å². The van der Waals surface area contributed by atoms with Gasteiger partial charge in [-0.1, -0.05) is 18.2 Å². The van der Waals surface area contributed by atoms with Crippen molar-refractivity contribution in [1.29, 1.82) is 0 Å². The van der Waals surface area contributed by atoms with Gasteiger partial charge in [-0.3, -0.25) is 10.0 Å². The van der Waals surface area contributed by atoms with Crippen molar-refractivity contribution >= 4 is 17.1 Å². The zero-order valence-corrected chi connectivity index (χ0v) is 15.6. The lowest BCUT2D eigenvalue weighted by Crippen LogP contribution is -2.36. The number of rotatable bonds is 5. The maximum atomic E-state index is 5.30. The number of methoxy groups -OCH3 is 2. The molecule has 0 radical (unpaired) electrons. The predicted octanol–water partition coefficient (Wildman–Crippen LogP) is 4.37. The fourth-order valence-electron chi connectivity index (χ4n) is 3.27. The highest BCUT2D eigenvalue weighted by Crippen LogP contribution is 2.32. The van der Waals surface area contributed by atoms with Gasteiger partial charge >= 0.3 is 0 Å². The van der Waals surface area contributed by atoms with E-state index in [0.29, 0.717) is 0 Å². The second-order valence-electron chi connectivity index (χ2n) is 6.35. The summed E-state index contributed by atoms with van der Waals surface area (Å²) in [5.41, 5.74) is 3.43. The lowest BCUT2D eigenvalue weighted by atomic mass is 10.3. The molecule has 4 rings (SSSR count). The van der Waals surface area contributed by atoms with E-state index in [1.54, 1.807) is 14.2 Å². The maximum Gasteiger partial charge on any atom is 0.119 e. The Morgan fingerprint density at radius 3 is 1.41 bits per heavy atom. The minimum absolute atomic E-state index is 0.766. The minimum Gasteiger partial charge on any atom is -0.497 e. The monoisotopic (exact) mass is 361 g/mol. The number of hydrogen-bond acceptors (Lipinski definition) is 5. The average Bonchev–Trinajstić information content (AvgIpc) is 3.20. The van der Waals surface area contributed by atoms with Gasteiger partial charge in [-0.25, -0.2) is 0 Å². The molecule has 0 atom stereocenters. The second kappa shape index (κ2) is 7.50. The van der Waals surface area contributed by atoms with Crippen molar-refractivity contribution in [2.24, 2.45) is 0 Å². The Balaban J connectivity index is 1.67. The number of ether oxygens (including phenoxy) is 2. The summed E-state index contributed by atoms with van der Waals surface area (Å²) in [7, 11) is 3.37. The van der Waals surface area contributed by atoms with Crippen molar-refractivity contribution in [3.05, 3.63) is 78.9 Å². The van der Waals surface area contributed by atoms with Gasteiger partial charge in [0.05, 0.1) is 25.6 Å². The van der Waals surface area contributed by atoms with Crippen LogP contribution in [-0.2, 0) is 0 Å². The van der Waals surface area contributed by atoms with E-state index in [1.165, 1.54) is 5.69 Å². The van der Waals surface area contributed by atoms with E-state index in [4.69, 9.17) is 9.47 Å². The first-order valence-corrected chi connectivity index (χ1v) is 8.91. The zero-order chi connectivity index (χ0) is 18.6. The maximum absolute atomic E-state index is 5.30. The SMILES string of the molecule is COc1ccc(N2CN(c3ccccc3)CN2c2ccc(OC)cc2)cc1. The third kappa shape index (κ3) is 3.49. The topological polar surface area (TPSA) is 28.2 Å². The molecule has 5 heteroatoms. The van der Waals surface area contributed by atoms with Crippen molar-refractivity contribution < 1.29 is 9.47 Å². The smallest absolute Gasteiger partial charge is 0.119 e. The van der Waals surface area contributed by atoms with E-state index < -0.39 is 0 Å². The number of hydrazine groups is 1. The number of anilines is 3. The lowest BCUT2D eigenvalue weighted by Gasteiger charge is -2.29. The Morgan fingerprint density at radius 2 is 1.00 bits per heavy atom. The molecule has 0 spiro atoms. The molecular formula is C22H23N3O2. The van der Waals surface area contributed by atoms with Gasteiger partial charge in [-0.05, 0) is 60.7 Å². The summed E-state index contributed by atoms with van der Waals surface area (Å²) in [6, 6.07) is 26.8. The fourth-order valence-corrected chi connectivity index (χ4v) is 3.27. The quantitative estimate of drug-likeness (QED) is 0.673.